The normalized spacial score (nSPS) is 9.17. The molecule has 0 saturated heterocycles. The number of carbonyl (C=O) groups is 4. The Morgan fingerprint density at radius 3 is 1.67 bits per heavy atom. The van der Waals surface area contributed by atoms with Crippen LogP contribution in [0.25, 0.3) is 0 Å². The summed E-state index contributed by atoms with van der Waals surface area (Å²) in [6.45, 7) is 2.98. The van der Waals surface area contributed by atoms with Crippen LogP contribution in [0.5, 0.6) is 0 Å². The minimum Gasteiger partial charge on any atom is -0.377 e. The summed E-state index contributed by atoms with van der Waals surface area (Å²) < 4.78 is 9.22. The molecular formula is C18H26O6. The standard InChI is InChI=1S/C11H12O3.C6H10O3.CH4/c1-8(12)9-3-5-10(6-4-9)11(13)7-14-2;1-5(7)3-6(8)4-9-2;/h3-6H,7H2,1-2H3;3-4H2,1-2H3;1H4. The molecule has 0 spiro atoms. The predicted octanol–water partition coefficient (Wildman–Crippen LogP) is 2.54. The zero-order valence-electron chi connectivity index (χ0n) is 13.9. The van der Waals surface area contributed by atoms with Crippen molar-refractivity contribution in [2.24, 2.45) is 0 Å². The highest BCUT2D eigenvalue weighted by Crippen LogP contribution is 2.06. The lowest BCUT2D eigenvalue weighted by Crippen LogP contribution is -2.10. The van der Waals surface area contributed by atoms with E-state index in [1.807, 2.05) is 0 Å². The van der Waals surface area contributed by atoms with Crippen molar-refractivity contribution in [2.75, 3.05) is 27.4 Å². The maximum absolute atomic E-state index is 11.3. The Hall–Kier alpha value is -2.18. The quantitative estimate of drug-likeness (QED) is 0.535. The highest BCUT2D eigenvalue weighted by atomic mass is 16.5. The minimum atomic E-state index is -0.162. The molecule has 0 aliphatic carbocycles. The van der Waals surface area contributed by atoms with Crippen LogP contribution >= 0.6 is 0 Å². The highest BCUT2D eigenvalue weighted by molar-refractivity contribution is 5.99. The Morgan fingerprint density at radius 1 is 0.833 bits per heavy atom. The summed E-state index contributed by atoms with van der Waals surface area (Å²) in [4.78, 5) is 43.0. The van der Waals surface area contributed by atoms with Crippen LogP contribution in [0.2, 0.25) is 0 Å². The lowest BCUT2D eigenvalue weighted by molar-refractivity contribution is -0.128. The van der Waals surface area contributed by atoms with E-state index in [0.717, 1.165) is 0 Å². The van der Waals surface area contributed by atoms with Gasteiger partial charge in [0.15, 0.2) is 17.3 Å². The molecule has 1 aromatic rings. The van der Waals surface area contributed by atoms with Crippen molar-refractivity contribution in [1.82, 2.24) is 0 Å². The van der Waals surface area contributed by atoms with Gasteiger partial charge in [-0.2, -0.15) is 0 Å². The van der Waals surface area contributed by atoms with Crippen LogP contribution in [-0.4, -0.2) is 50.6 Å². The van der Waals surface area contributed by atoms with Gasteiger partial charge in [0, 0.05) is 25.3 Å². The second kappa shape index (κ2) is 13.3. The molecule has 0 aliphatic heterocycles. The monoisotopic (exact) mass is 338 g/mol. The SMILES string of the molecule is C.COCC(=O)CC(C)=O.COCC(=O)c1ccc(C(C)=O)cc1. The van der Waals surface area contributed by atoms with Gasteiger partial charge in [-0.1, -0.05) is 31.7 Å². The van der Waals surface area contributed by atoms with Crippen molar-refractivity contribution in [1.29, 1.82) is 0 Å². The molecule has 0 aliphatic rings. The van der Waals surface area contributed by atoms with Crippen molar-refractivity contribution in [3.05, 3.63) is 35.4 Å². The van der Waals surface area contributed by atoms with Gasteiger partial charge in [0.05, 0.1) is 6.42 Å². The van der Waals surface area contributed by atoms with E-state index < -0.39 is 0 Å². The van der Waals surface area contributed by atoms with Gasteiger partial charge < -0.3 is 9.47 Å². The van der Waals surface area contributed by atoms with E-state index in [1.165, 1.54) is 28.1 Å². The van der Waals surface area contributed by atoms with Crippen molar-refractivity contribution >= 4 is 23.1 Å². The molecule has 0 unspecified atom stereocenters. The van der Waals surface area contributed by atoms with Gasteiger partial charge >= 0.3 is 0 Å². The van der Waals surface area contributed by atoms with Crippen LogP contribution in [0.4, 0.5) is 0 Å². The summed E-state index contributed by atoms with van der Waals surface area (Å²) in [6, 6.07) is 6.56. The molecule has 0 fully saturated rings. The molecule has 0 amide bonds. The number of ketones is 4. The number of carbonyl (C=O) groups excluding carboxylic acids is 4. The van der Waals surface area contributed by atoms with Crippen LogP contribution < -0.4 is 0 Å². The topological polar surface area (TPSA) is 86.7 Å². The van der Waals surface area contributed by atoms with E-state index in [2.05, 4.69) is 4.74 Å². The minimum absolute atomic E-state index is 0. The lowest BCUT2D eigenvalue weighted by Gasteiger charge is -2.00. The molecule has 1 aromatic carbocycles. The third kappa shape index (κ3) is 10.5. The molecule has 134 valence electrons. The van der Waals surface area contributed by atoms with Gasteiger partial charge in [0.25, 0.3) is 0 Å². The summed E-state index contributed by atoms with van der Waals surface area (Å²) in [5, 5.41) is 0. The average Bonchev–Trinajstić information content (AvgIpc) is 2.47. The summed E-state index contributed by atoms with van der Waals surface area (Å²) in [5.74, 6) is -0.361. The molecule has 0 bridgehead atoms. The molecule has 1 rings (SSSR count). The molecule has 6 nitrogen and oxygen atoms in total. The van der Waals surface area contributed by atoms with Gasteiger partial charge in [0.1, 0.15) is 19.0 Å². The smallest absolute Gasteiger partial charge is 0.188 e. The van der Waals surface area contributed by atoms with Crippen LogP contribution in [0.1, 0.15) is 48.4 Å². The molecule has 24 heavy (non-hydrogen) atoms. The number of rotatable bonds is 8. The molecule has 0 aromatic heterocycles. The first-order valence-corrected chi connectivity index (χ1v) is 6.95. The first kappa shape index (κ1) is 24.1. The maximum atomic E-state index is 11.3. The molecule has 0 heterocycles. The average molecular weight is 338 g/mol. The molecule has 6 heteroatoms. The maximum Gasteiger partial charge on any atom is 0.188 e. The van der Waals surface area contributed by atoms with Crippen molar-refractivity contribution in [2.45, 2.75) is 27.7 Å². The van der Waals surface area contributed by atoms with Crippen molar-refractivity contribution in [3.63, 3.8) is 0 Å². The van der Waals surface area contributed by atoms with E-state index in [1.54, 1.807) is 24.3 Å². The van der Waals surface area contributed by atoms with E-state index in [4.69, 9.17) is 4.74 Å². The number of benzene rings is 1. The van der Waals surface area contributed by atoms with Gasteiger partial charge in [-0.25, -0.2) is 0 Å². The fourth-order valence-electron chi connectivity index (χ4n) is 1.59. The second-order valence-electron chi connectivity index (χ2n) is 4.84. The van der Waals surface area contributed by atoms with Crippen molar-refractivity contribution in [3.8, 4) is 0 Å². The number of hydrogen-bond acceptors (Lipinski definition) is 6. The largest absolute Gasteiger partial charge is 0.377 e. The summed E-state index contributed by atoms with van der Waals surface area (Å²) in [5.41, 5.74) is 1.18. The first-order valence-electron chi connectivity index (χ1n) is 6.95. The third-order valence-electron chi connectivity index (χ3n) is 2.64. The Labute approximate surface area is 143 Å². The number of Topliss-reactive ketones (excluding diaryl/α,β-unsaturated/α-hetero) is 4. The van der Waals surface area contributed by atoms with Gasteiger partial charge in [0.2, 0.25) is 0 Å². The van der Waals surface area contributed by atoms with Gasteiger partial charge in [-0.3, -0.25) is 19.2 Å². The Morgan fingerprint density at radius 2 is 1.29 bits per heavy atom. The Bertz CT molecular complexity index is 545. The highest BCUT2D eigenvalue weighted by Gasteiger charge is 2.05. The summed E-state index contributed by atoms with van der Waals surface area (Å²) in [6.07, 6.45) is -0.00611. The number of methoxy groups -OCH3 is 2. The van der Waals surface area contributed by atoms with E-state index in [0.29, 0.717) is 11.1 Å². The van der Waals surface area contributed by atoms with Crippen LogP contribution in [0, 0.1) is 0 Å². The molecular weight excluding hydrogens is 312 g/mol. The van der Waals surface area contributed by atoms with E-state index in [9.17, 15) is 19.2 Å². The van der Waals surface area contributed by atoms with Crippen LogP contribution in [0.15, 0.2) is 24.3 Å². The second-order valence-corrected chi connectivity index (χ2v) is 4.84. The van der Waals surface area contributed by atoms with Gasteiger partial charge in [-0.05, 0) is 13.8 Å². The third-order valence-corrected chi connectivity index (χ3v) is 2.64. The Balaban J connectivity index is 0. The fraction of sp³-hybridized carbons (Fsp3) is 0.444. The fourth-order valence-corrected chi connectivity index (χ4v) is 1.59. The molecule has 0 radical (unpaired) electrons. The number of ether oxygens (including phenoxy) is 2. The molecule has 0 N–H and O–H groups in total. The summed E-state index contributed by atoms with van der Waals surface area (Å²) in [7, 11) is 2.90. The zero-order chi connectivity index (χ0) is 17.8. The van der Waals surface area contributed by atoms with Crippen LogP contribution in [0.3, 0.4) is 0 Å². The lowest BCUT2D eigenvalue weighted by atomic mass is 10.1. The van der Waals surface area contributed by atoms with E-state index in [-0.39, 0.29) is 50.2 Å². The predicted molar refractivity (Wildman–Crippen MR) is 91.6 cm³/mol. The van der Waals surface area contributed by atoms with Crippen LogP contribution in [-0.2, 0) is 19.1 Å². The summed E-state index contributed by atoms with van der Waals surface area (Å²) >= 11 is 0. The molecule has 0 atom stereocenters. The molecule has 0 saturated carbocycles. The van der Waals surface area contributed by atoms with Gasteiger partial charge in [-0.15, -0.1) is 0 Å². The van der Waals surface area contributed by atoms with E-state index >= 15 is 0 Å². The first-order chi connectivity index (χ1) is 10.8. The number of hydrogen-bond donors (Lipinski definition) is 0. The zero-order valence-corrected chi connectivity index (χ0v) is 13.9. The van der Waals surface area contributed by atoms with Crippen molar-refractivity contribution < 1.29 is 28.7 Å². The Kier molecular flexibility index (Phi) is 13.3.